The first-order chi connectivity index (χ1) is 7.87. The Balaban J connectivity index is 2.19. The monoisotopic (exact) mass is 243 g/mol. The first kappa shape index (κ1) is 12.1. The molecule has 0 spiro atoms. The third kappa shape index (κ3) is 2.66. The lowest BCUT2D eigenvalue weighted by Gasteiger charge is -2.14. The fraction of sp³-hybridized carbons (Fsp3) is 0.500. The van der Waals surface area contributed by atoms with Crippen molar-refractivity contribution in [2.75, 3.05) is 0 Å². The summed E-state index contributed by atoms with van der Waals surface area (Å²) in [6.45, 7) is 4.11. The molecule has 2 rings (SSSR count). The number of benzene rings is 1. The maximum Gasteiger partial charge on any atom is 0.586 e. The van der Waals surface area contributed by atoms with E-state index in [1.807, 2.05) is 0 Å². The maximum atomic E-state index is 12.8. The van der Waals surface area contributed by atoms with E-state index in [0.717, 1.165) is 12.0 Å². The van der Waals surface area contributed by atoms with Gasteiger partial charge in [0, 0.05) is 6.04 Å². The molecule has 0 saturated carbocycles. The third-order valence-corrected chi connectivity index (χ3v) is 2.58. The zero-order valence-electron chi connectivity index (χ0n) is 9.74. The number of halogens is 2. The maximum absolute atomic E-state index is 12.8. The fourth-order valence-electron chi connectivity index (χ4n) is 1.84. The minimum atomic E-state index is -3.57. The SMILES string of the molecule is CC(C)C[C@@H](N)c1ccc2c(c1)OC(F)(F)O2. The smallest absolute Gasteiger partial charge is 0.395 e. The summed E-state index contributed by atoms with van der Waals surface area (Å²) in [4.78, 5) is 0. The summed E-state index contributed by atoms with van der Waals surface area (Å²) in [6.07, 6.45) is -2.78. The normalized spacial score (nSPS) is 18.5. The van der Waals surface area contributed by atoms with Crippen LogP contribution in [0.4, 0.5) is 8.78 Å². The molecule has 3 nitrogen and oxygen atoms in total. The van der Waals surface area contributed by atoms with Gasteiger partial charge in [-0.1, -0.05) is 19.9 Å². The van der Waals surface area contributed by atoms with Crippen molar-refractivity contribution in [3.8, 4) is 11.5 Å². The predicted octanol–water partition coefficient (Wildman–Crippen LogP) is 3.05. The molecular formula is C12H15F2NO2. The number of hydrogen-bond acceptors (Lipinski definition) is 3. The largest absolute Gasteiger partial charge is 0.586 e. The van der Waals surface area contributed by atoms with Crippen molar-refractivity contribution in [2.45, 2.75) is 32.6 Å². The average molecular weight is 243 g/mol. The van der Waals surface area contributed by atoms with E-state index in [1.165, 1.54) is 12.1 Å². The molecule has 0 unspecified atom stereocenters. The van der Waals surface area contributed by atoms with Crippen molar-refractivity contribution in [3.63, 3.8) is 0 Å². The number of alkyl halides is 2. The van der Waals surface area contributed by atoms with Crippen LogP contribution in [0.1, 0.15) is 31.9 Å². The van der Waals surface area contributed by atoms with Gasteiger partial charge in [-0.25, -0.2) is 0 Å². The van der Waals surface area contributed by atoms with E-state index in [2.05, 4.69) is 23.3 Å². The highest BCUT2D eigenvalue weighted by atomic mass is 19.3. The van der Waals surface area contributed by atoms with Crippen LogP contribution in [0.2, 0.25) is 0 Å². The summed E-state index contributed by atoms with van der Waals surface area (Å²) < 4.78 is 34.3. The van der Waals surface area contributed by atoms with Crippen LogP contribution in [0.5, 0.6) is 11.5 Å². The Labute approximate surface area is 98.5 Å². The van der Waals surface area contributed by atoms with Gasteiger partial charge in [0.15, 0.2) is 11.5 Å². The van der Waals surface area contributed by atoms with Crippen molar-refractivity contribution >= 4 is 0 Å². The standard InChI is InChI=1S/C12H15F2NO2/c1-7(2)5-9(15)8-3-4-10-11(6-8)17-12(13,14)16-10/h3-4,6-7,9H,5,15H2,1-2H3/t9-/m1/s1. The molecule has 94 valence electrons. The number of fused-ring (bicyclic) bond motifs is 1. The van der Waals surface area contributed by atoms with Crippen LogP contribution in [-0.2, 0) is 0 Å². The van der Waals surface area contributed by atoms with Gasteiger partial charge in [0.1, 0.15) is 0 Å². The molecule has 1 heterocycles. The Morgan fingerprint density at radius 3 is 2.53 bits per heavy atom. The quantitative estimate of drug-likeness (QED) is 0.887. The second kappa shape index (κ2) is 4.14. The number of rotatable bonds is 3. The van der Waals surface area contributed by atoms with Crippen LogP contribution < -0.4 is 15.2 Å². The molecule has 1 aromatic rings. The van der Waals surface area contributed by atoms with Crippen molar-refractivity contribution < 1.29 is 18.3 Å². The zero-order chi connectivity index (χ0) is 12.6. The van der Waals surface area contributed by atoms with Gasteiger partial charge in [-0.15, -0.1) is 8.78 Å². The van der Waals surface area contributed by atoms with E-state index < -0.39 is 6.29 Å². The van der Waals surface area contributed by atoms with Gasteiger partial charge in [0.2, 0.25) is 0 Å². The second-order valence-corrected chi connectivity index (χ2v) is 4.61. The molecular weight excluding hydrogens is 228 g/mol. The first-order valence-electron chi connectivity index (χ1n) is 5.53. The molecule has 1 aliphatic rings. The molecule has 0 bridgehead atoms. The Hall–Kier alpha value is -1.36. The van der Waals surface area contributed by atoms with Gasteiger partial charge in [0.25, 0.3) is 0 Å². The van der Waals surface area contributed by atoms with Gasteiger partial charge in [-0.3, -0.25) is 0 Å². The van der Waals surface area contributed by atoms with Gasteiger partial charge < -0.3 is 15.2 Å². The lowest BCUT2D eigenvalue weighted by Crippen LogP contribution is -2.25. The van der Waals surface area contributed by atoms with Crippen molar-refractivity contribution in [1.29, 1.82) is 0 Å². The summed E-state index contributed by atoms with van der Waals surface area (Å²) in [5, 5.41) is 0. The molecule has 1 aliphatic heterocycles. The number of nitrogens with two attached hydrogens (primary N) is 1. The van der Waals surface area contributed by atoms with E-state index in [1.54, 1.807) is 6.07 Å². The summed E-state index contributed by atoms with van der Waals surface area (Å²) in [5.41, 5.74) is 6.75. The van der Waals surface area contributed by atoms with Gasteiger partial charge >= 0.3 is 6.29 Å². The predicted molar refractivity (Wildman–Crippen MR) is 59.0 cm³/mol. The lowest BCUT2D eigenvalue weighted by atomic mass is 9.98. The highest BCUT2D eigenvalue weighted by molar-refractivity contribution is 5.45. The Morgan fingerprint density at radius 1 is 1.24 bits per heavy atom. The summed E-state index contributed by atoms with van der Waals surface area (Å²) in [7, 11) is 0. The van der Waals surface area contributed by atoms with Gasteiger partial charge in [-0.2, -0.15) is 0 Å². The van der Waals surface area contributed by atoms with Crippen molar-refractivity contribution in [3.05, 3.63) is 23.8 Å². The third-order valence-electron chi connectivity index (χ3n) is 2.58. The molecule has 1 atom stereocenters. The van der Waals surface area contributed by atoms with Crippen molar-refractivity contribution in [1.82, 2.24) is 0 Å². The molecule has 0 radical (unpaired) electrons. The zero-order valence-corrected chi connectivity index (χ0v) is 9.74. The van der Waals surface area contributed by atoms with E-state index >= 15 is 0 Å². The van der Waals surface area contributed by atoms with E-state index in [4.69, 9.17) is 5.73 Å². The molecule has 17 heavy (non-hydrogen) atoms. The second-order valence-electron chi connectivity index (χ2n) is 4.61. The minimum Gasteiger partial charge on any atom is -0.395 e. The molecule has 2 N–H and O–H groups in total. The van der Waals surface area contributed by atoms with E-state index in [0.29, 0.717) is 5.92 Å². The molecule has 5 heteroatoms. The van der Waals surface area contributed by atoms with Gasteiger partial charge in [-0.05, 0) is 30.0 Å². The molecule has 0 saturated heterocycles. The molecule has 0 aliphatic carbocycles. The highest BCUT2D eigenvalue weighted by Crippen LogP contribution is 2.42. The Morgan fingerprint density at radius 2 is 1.88 bits per heavy atom. The first-order valence-corrected chi connectivity index (χ1v) is 5.53. The van der Waals surface area contributed by atoms with E-state index in [9.17, 15) is 8.78 Å². The summed E-state index contributed by atoms with van der Waals surface area (Å²) in [5.74, 6) is 0.541. The van der Waals surface area contributed by atoms with E-state index in [-0.39, 0.29) is 17.5 Å². The van der Waals surface area contributed by atoms with Crippen LogP contribution in [-0.4, -0.2) is 6.29 Å². The van der Waals surface area contributed by atoms with Crippen LogP contribution in [0, 0.1) is 5.92 Å². The Bertz CT molecular complexity index is 421. The van der Waals surface area contributed by atoms with Crippen LogP contribution in [0.15, 0.2) is 18.2 Å². The number of ether oxygens (including phenoxy) is 2. The van der Waals surface area contributed by atoms with Gasteiger partial charge in [0.05, 0.1) is 0 Å². The molecule has 1 aromatic carbocycles. The summed E-state index contributed by atoms with van der Waals surface area (Å²) in [6, 6.07) is 4.49. The average Bonchev–Trinajstić information content (AvgIpc) is 2.48. The molecule has 0 aromatic heterocycles. The highest BCUT2D eigenvalue weighted by Gasteiger charge is 2.43. The minimum absolute atomic E-state index is 0.0479. The van der Waals surface area contributed by atoms with Crippen LogP contribution in [0.25, 0.3) is 0 Å². The molecule has 0 fully saturated rings. The topological polar surface area (TPSA) is 44.5 Å². The molecule has 0 amide bonds. The fourth-order valence-corrected chi connectivity index (χ4v) is 1.84. The Kier molecular flexibility index (Phi) is 2.95. The van der Waals surface area contributed by atoms with Crippen molar-refractivity contribution in [2.24, 2.45) is 11.7 Å². The summed E-state index contributed by atoms with van der Waals surface area (Å²) >= 11 is 0. The van der Waals surface area contributed by atoms with Crippen LogP contribution >= 0.6 is 0 Å². The lowest BCUT2D eigenvalue weighted by molar-refractivity contribution is -0.286. The number of hydrogen-bond donors (Lipinski definition) is 1. The van der Waals surface area contributed by atoms with Crippen LogP contribution in [0.3, 0.4) is 0 Å².